The zero-order valence-electron chi connectivity index (χ0n) is 10.2. The smallest absolute Gasteiger partial charge is 0.123 e. The van der Waals surface area contributed by atoms with Crippen LogP contribution in [-0.4, -0.2) is 16.4 Å². The van der Waals surface area contributed by atoms with Gasteiger partial charge in [-0.25, -0.2) is 0 Å². The molecule has 2 aromatic rings. The number of benzene rings is 2. The Morgan fingerprint density at radius 2 is 1.83 bits per heavy atom. The molecule has 3 rings (SSSR count). The van der Waals surface area contributed by atoms with Crippen LogP contribution in [0.5, 0.6) is 5.75 Å². The topological polar surface area (TPSA) is 46.2 Å². The Morgan fingerprint density at radius 1 is 1.06 bits per heavy atom. The first-order chi connectivity index (χ1) is 8.75. The summed E-state index contributed by atoms with van der Waals surface area (Å²) in [5.41, 5.74) is 6.13. The first kappa shape index (κ1) is 11.9. The van der Waals surface area contributed by atoms with E-state index in [1.54, 1.807) is 6.07 Å². The van der Waals surface area contributed by atoms with E-state index in [0.29, 0.717) is 17.0 Å². The Kier molecular flexibility index (Phi) is 3.18. The lowest BCUT2D eigenvalue weighted by molar-refractivity contribution is 0.481. The number of thioether (sulfide) groups is 1. The zero-order valence-corrected chi connectivity index (χ0v) is 11.0. The number of rotatable bonds is 2. The molecule has 0 saturated heterocycles. The van der Waals surface area contributed by atoms with Crippen molar-refractivity contribution in [3.63, 3.8) is 0 Å². The molecule has 1 aliphatic carbocycles. The fourth-order valence-electron chi connectivity index (χ4n) is 2.62. The Labute approximate surface area is 111 Å². The molecular weight excluding hydrogens is 242 g/mol. The predicted octanol–water partition coefficient (Wildman–Crippen LogP) is 3.52. The molecule has 94 valence electrons. The number of hydrogen-bond acceptors (Lipinski definition) is 3. The lowest BCUT2D eigenvalue weighted by atomic mass is 10.1. The van der Waals surface area contributed by atoms with Gasteiger partial charge in [0.15, 0.2) is 0 Å². The van der Waals surface area contributed by atoms with Crippen molar-refractivity contribution >= 4 is 22.5 Å². The molecule has 1 fully saturated rings. The van der Waals surface area contributed by atoms with Crippen molar-refractivity contribution in [1.29, 1.82) is 0 Å². The van der Waals surface area contributed by atoms with Gasteiger partial charge in [0.2, 0.25) is 0 Å². The summed E-state index contributed by atoms with van der Waals surface area (Å²) in [6.07, 6.45) is 3.56. The van der Waals surface area contributed by atoms with Gasteiger partial charge in [-0.1, -0.05) is 30.7 Å². The minimum Gasteiger partial charge on any atom is -0.507 e. The van der Waals surface area contributed by atoms with Crippen LogP contribution in [0.15, 0.2) is 41.3 Å². The van der Waals surface area contributed by atoms with Crippen molar-refractivity contribution in [3.05, 3.63) is 36.4 Å². The van der Waals surface area contributed by atoms with Gasteiger partial charge >= 0.3 is 0 Å². The second-order valence-corrected chi connectivity index (χ2v) is 6.16. The highest BCUT2D eigenvalue weighted by molar-refractivity contribution is 8.00. The van der Waals surface area contributed by atoms with Crippen LogP contribution < -0.4 is 5.73 Å². The summed E-state index contributed by atoms with van der Waals surface area (Å²) >= 11 is 1.86. The standard InChI is InChI=1S/C15H17NOS/c16-12-6-3-7-15(12)18-14-9-8-13(17)10-4-1-2-5-11(10)14/h1-2,4-5,8-9,12,15,17H,3,6-7,16H2. The molecule has 0 amide bonds. The van der Waals surface area contributed by atoms with Crippen LogP contribution in [0, 0.1) is 0 Å². The van der Waals surface area contributed by atoms with Crippen LogP contribution in [0.3, 0.4) is 0 Å². The molecule has 2 aromatic carbocycles. The fourth-order valence-corrected chi connectivity index (χ4v) is 4.00. The molecule has 0 aromatic heterocycles. The van der Waals surface area contributed by atoms with Crippen LogP contribution >= 0.6 is 11.8 Å². The number of hydrogen-bond donors (Lipinski definition) is 2. The molecule has 2 nitrogen and oxygen atoms in total. The van der Waals surface area contributed by atoms with E-state index in [1.807, 2.05) is 36.0 Å². The Hall–Kier alpha value is -1.19. The largest absolute Gasteiger partial charge is 0.507 e. The Morgan fingerprint density at radius 3 is 2.56 bits per heavy atom. The zero-order chi connectivity index (χ0) is 12.5. The summed E-state index contributed by atoms with van der Waals surface area (Å²) in [6, 6.07) is 12.1. The van der Waals surface area contributed by atoms with Crippen molar-refractivity contribution < 1.29 is 5.11 Å². The fraction of sp³-hybridized carbons (Fsp3) is 0.333. The molecule has 0 heterocycles. The van der Waals surface area contributed by atoms with Gasteiger partial charge in [-0.15, -0.1) is 11.8 Å². The number of phenols is 1. The molecular formula is C15H17NOS. The number of aromatic hydroxyl groups is 1. The third-order valence-corrected chi connectivity index (χ3v) is 5.14. The van der Waals surface area contributed by atoms with Gasteiger partial charge in [0.1, 0.15) is 5.75 Å². The van der Waals surface area contributed by atoms with E-state index in [4.69, 9.17) is 5.73 Å². The maximum Gasteiger partial charge on any atom is 0.123 e. The van der Waals surface area contributed by atoms with Gasteiger partial charge in [0.05, 0.1) is 0 Å². The molecule has 1 saturated carbocycles. The lowest BCUT2D eigenvalue weighted by Crippen LogP contribution is -2.26. The van der Waals surface area contributed by atoms with Gasteiger partial charge in [0.25, 0.3) is 0 Å². The average molecular weight is 259 g/mol. The SMILES string of the molecule is NC1CCCC1Sc1ccc(O)c2ccccc12. The van der Waals surface area contributed by atoms with Crippen LogP contribution in [0.1, 0.15) is 19.3 Å². The summed E-state index contributed by atoms with van der Waals surface area (Å²) in [5, 5.41) is 12.4. The first-order valence-corrected chi connectivity index (χ1v) is 7.26. The summed E-state index contributed by atoms with van der Waals surface area (Å²) in [5.74, 6) is 0.352. The van der Waals surface area contributed by atoms with E-state index < -0.39 is 0 Å². The quantitative estimate of drug-likeness (QED) is 0.867. The van der Waals surface area contributed by atoms with Crippen LogP contribution in [0.4, 0.5) is 0 Å². The van der Waals surface area contributed by atoms with Crippen LogP contribution in [0.25, 0.3) is 10.8 Å². The predicted molar refractivity (Wildman–Crippen MR) is 77.1 cm³/mol. The van der Waals surface area contributed by atoms with E-state index in [-0.39, 0.29) is 0 Å². The van der Waals surface area contributed by atoms with Gasteiger partial charge < -0.3 is 10.8 Å². The van der Waals surface area contributed by atoms with Crippen molar-refractivity contribution in [2.75, 3.05) is 0 Å². The van der Waals surface area contributed by atoms with Gasteiger partial charge in [-0.05, 0) is 30.4 Å². The van der Waals surface area contributed by atoms with E-state index in [9.17, 15) is 5.11 Å². The Balaban J connectivity index is 1.99. The maximum absolute atomic E-state index is 9.87. The van der Waals surface area contributed by atoms with Crippen molar-refractivity contribution in [2.24, 2.45) is 5.73 Å². The van der Waals surface area contributed by atoms with Crippen molar-refractivity contribution in [1.82, 2.24) is 0 Å². The Bertz CT molecular complexity index is 569. The molecule has 0 aliphatic heterocycles. The highest BCUT2D eigenvalue weighted by Crippen LogP contribution is 2.39. The average Bonchev–Trinajstić information content (AvgIpc) is 2.79. The van der Waals surface area contributed by atoms with Gasteiger partial charge in [0, 0.05) is 21.6 Å². The second-order valence-electron chi connectivity index (χ2n) is 4.88. The molecule has 2 atom stereocenters. The lowest BCUT2D eigenvalue weighted by Gasteiger charge is -2.16. The number of nitrogens with two attached hydrogens (primary N) is 1. The first-order valence-electron chi connectivity index (χ1n) is 6.38. The van der Waals surface area contributed by atoms with Crippen LogP contribution in [0.2, 0.25) is 0 Å². The molecule has 2 unspecified atom stereocenters. The van der Waals surface area contributed by atoms with Gasteiger partial charge in [-0.3, -0.25) is 0 Å². The van der Waals surface area contributed by atoms with Crippen molar-refractivity contribution in [2.45, 2.75) is 35.4 Å². The summed E-state index contributed by atoms with van der Waals surface area (Å²) in [6.45, 7) is 0. The molecule has 3 N–H and O–H groups in total. The summed E-state index contributed by atoms with van der Waals surface area (Å²) in [4.78, 5) is 1.23. The molecule has 0 bridgehead atoms. The minimum atomic E-state index is 0.308. The molecule has 0 radical (unpaired) electrons. The molecule has 3 heteroatoms. The highest BCUT2D eigenvalue weighted by Gasteiger charge is 2.25. The number of phenolic OH excluding ortho intramolecular Hbond substituents is 1. The second kappa shape index (κ2) is 4.82. The third kappa shape index (κ3) is 2.08. The maximum atomic E-state index is 9.87. The molecule has 1 aliphatic rings. The van der Waals surface area contributed by atoms with E-state index >= 15 is 0 Å². The summed E-state index contributed by atoms with van der Waals surface area (Å²) < 4.78 is 0. The van der Waals surface area contributed by atoms with Crippen molar-refractivity contribution in [3.8, 4) is 5.75 Å². The minimum absolute atomic E-state index is 0.308. The normalized spacial score (nSPS) is 23.6. The molecule has 18 heavy (non-hydrogen) atoms. The number of fused-ring (bicyclic) bond motifs is 1. The molecule has 0 spiro atoms. The van der Waals surface area contributed by atoms with Gasteiger partial charge in [-0.2, -0.15) is 0 Å². The van der Waals surface area contributed by atoms with E-state index in [1.165, 1.54) is 17.7 Å². The highest BCUT2D eigenvalue weighted by atomic mass is 32.2. The monoisotopic (exact) mass is 259 g/mol. The van der Waals surface area contributed by atoms with Crippen LogP contribution in [-0.2, 0) is 0 Å². The summed E-state index contributed by atoms with van der Waals surface area (Å²) in [7, 11) is 0. The third-order valence-electron chi connectivity index (χ3n) is 3.64. The van der Waals surface area contributed by atoms with E-state index in [0.717, 1.165) is 17.2 Å². The van der Waals surface area contributed by atoms with E-state index in [2.05, 4.69) is 6.07 Å².